The van der Waals surface area contributed by atoms with Gasteiger partial charge in [-0.3, -0.25) is 4.79 Å². The smallest absolute Gasteiger partial charge is 0.305 e. The maximum absolute atomic E-state index is 11.0. The van der Waals surface area contributed by atoms with Gasteiger partial charge in [-0.05, 0) is 17.7 Å². The molecule has 2 aromatic rings. The van der Waals surface area contributed by atoms with Crippen LogP contribution in [0.2, 0.25) is 0 Å². The van der Waals surface area contributed by atoms with E-state index in [1.807, 2.05) is 0 Å². The molecule has 1 heterocycles. The Labute approximate surface area is 83.5 Å². The molecule has 0 aliphatic rings. The second-order valence-corrected chi connectivity index (χ2v) is 3.05. The highest BCUT2D eigenvalue weighted by Crippen LogP contribution is 2.13. The molecular formula is C9H5ClN2O2. The largest absolute Gasteiger partial charge is 0.346 e. The summed E-state index contributed by atoms with van der Waals surface area (Å²) in [5, 5.41) is -0.181. The first-order valence-electron chi connectivity index (χ1n) is 3.87. The van der Waals surface area contributed by atoms with Gasteiger partial charge >= 0.3 is 5.69 Å². The van der Waals surface area contributed by atoms with Crippen LogP contribution in [0.25, 0.3) is 10.9 Å². The molecule has 4 nitrogen and oxygen atoms in total. The molecule has 70 valence electrons. The van der Waals surface area contributed by atoms with Crippen molar-refractivity contribution in [1.29, 1.82) is 0 Å². The molecule has 1 aromatic carbocycles. The zero-order chi connectivity index (χ0) is 10.1. The summed E-state index contributed by atoms with van der Waals surface area (Å²) in [7, 11) is 0. The first-order valence-corrected chi connectivity index (χ1v) is 4.25. The van der Waals surface area contributed by atoms with Crippen LogP contribution in [0.3, 0.4) is 0 Å². The average Bonchev–Trinajstić information content (AvgIpc) is 2.16. The number of carbonyl (C=O) groups excluding carboxylic acids is 1. The number of carbonyl (C=O) groups is 1. The number of halogens is 1. The number of H-pyrrole nitrogens is 1. The lowest BCUT2D eigenvalue weighted by Crippen LogP contribution is -2.14. The normalized spacial score (nSPS) is 10.4. The van der Waals surface area contributed by atoms with Crippen LogP contribution in [-0.2, 0) is 0 Å². The Kier molecular flexibility index (Phi) is 2.05. The zero-order valence-electron chi connectivity index (χ0n) is 6.95. The van der Waals surface area contributed by atoms with Crippen molar-refractivity contribution in [2.75, 3.05) is 0 Å². The molecule has 0 amide bonds. The van der Waals surface area contributed by atoms with Gasteiger partial charge in [0.1, 0.15) is 5.69 Å². The molecule has 0 aliphatic carbocycles. The van der Waals surface area contributed by atoms with E-state index in [9.17, 15) is 9.59 Å². The summed E-state index contributed by atoms with van der Waals surface area (Å²) in [5.74, 6) is 0. The SMILES string of the molecule is O=C(Cl)c1nc(=O)[nH]c2ccccc12. The maximum atomic E-state index is 11.0. The predicted molar refractivity (Wildman–Crippen MR) is 52.5 cm³/mol. The van der Waals surface area contributed by atoms with Crippen molar-refractivity contribution in [3.63, 3.8) is 0 Å². The highest BCUT2D eigenvalue weighted by molar-refractivity contribution is 6.68. The van der Waals surface area contributed by atoms with Gasteiger partial charge in [-0.2, -0.15) is 4.98 Å². The topological polar surface area (TPSA) is 62.8 Å². The lowest BCUT2D eigenvalue weighted by atomic mass is 10.2. The summed E-state index contributed by atoms with van der Waals surface area (Å²) < 4.78 is 0. The minimum atomic E-state index is -0.729. The molecule has 0 saturated heterocycles. The van der Waals surface area contributed by atoms with Gasteiger partial charge in [-0.15, -0.1) is 0 Å². The summed E-state index contributed by atoms with van der Waals surface area (Å²) in [4.78, 5) is 28.0. The minimum absolute atomic E-state index is 0.00832. The van der Waals surface area contributed by atoms with Crippen LogP contribution < -0.4 is 5.69 Å². The van der Waals surface area contributed by atoms with Crippen LogP contribution in [0, 0.1) is 0 Å². The monoisotopic (exact) mass is 208 g/mol. The molecule has 0 fully saturated rings. The third-order valence-corrected chi connectivity index (χ3v) is 2.00. The van der Waals surface area contributed by atoms with E-state index >= 15 is 0 Å². The van der Waals surface area contributed by atoms with E-state index in [1.54, 1.807) is 24.3 Å². The van der Waals surface area contributed by atoms with Crippen LogP contribution in [0.15, 0.2) is 29.1 Å². The number of hydrogen-bond donors (Lipinski definition) is 1. The molecular weight excluding hydrogens is 204 g/mol. The predicted octanol–water partition coefficient (Wildman–Crippen LogP) is 1.30. The summed E-state index contributed by atoms with van der Waals surface area (Å²) in [5.41, 5.74) is -0.0322. The number of benzene rings is 1. The van der Waals surface area contributed by atoms with Crippen LogP contribution in [0.1, 0.15) is 10.5 Å². The molecule has 0 aliphatic heterocycles. The Morgan fingerprint density at radius 3 is 2.79 bits per heavy atom. The molecule has 1 aromatic heterocycles. The number of rotatable bonds is 1. The molecule has 1 N–H and O–H groups in total. The van der Waals surface area contributed by atoms with Gasteiger partial charge in [-0.1, -0.05) is 18.2 Å². The number of aromatic nitrogens is 2. The average molecular weight is 209 g/mol. The fraction of sp³-hybridized carbons (Fsp3) is 0. The van der Waals surface area contributed by atoms with Gasteiger partial charge in [0.15, 0.2) is 0 Å². The third kappa shape index (κ3) is 1.40. The van der Waals surface area contributed by atoms with E-state index in [4.69, 9.17) is 11.6 Å². The maximum Gasteiger partial charge on any atom is 0.346 e. The number of nitrogens with one attached hydrogen (secondary N) is 1. The van der Waals surface area contributed by atoms with Crippen molar-refractivity contribution < 1.29 is 4.79 Å². The Bertz CT molecular complexity index is 562. The first kappa shape index (κ1) is 8.90. The van der Waals surface area contributed by atoms with Crippen molar-refractivity contribution in [1.82, 2.24) is 9.97 Å². The quantitative estimate of drug-likeness (QED) is 0.719. The summed E-state index contributed by atoms with van der Waals surface area (Å²) in [6, 6.07) is 6.85. The lowest BCUT2D eigenvalue weighted by Gasteiger charge is -1.99. The van der Waals surface area contributed by atoms with Crippen molar-refractivity contribution >= 4 is 27.7 Å². The minimum Gasteiger partial charge on any atom is -0.305 e. The number of aromatic amines is 1. The van der Waals surface area contributed by atoms with E-state index in [-0.39, 0.29) is 5.69 Å². The molecule has 0 spiro atoms. The van der Waals surface area contributed by atoms with Gasteiger partial charge in [0.05, 0.1) is 5.52 Å². The van der Waals surface area contributed by atoms with Crippen LogP contribution in [-0.4, -0.2) is 15.2 Å². The van der Waals surface area contributed by atoms with Gasteiger partial charge in [0, 0.05) is 5.39 Å². The first-order chi connectivity index (χ1) is 6.68. The molecule has 0 unspecified atom stereocenters. The highest BCUT2D eigenvalue weighted by Gasteiger charge is 2.09. The van der Waals surface area contributed by atoms with Gasteiger partial charge in [-0.25, -0.2) is 4.79 Å². The lowest BCUT2D eigenvalue weighted by molar-refractivity contribution is 0.107. The van der Waals surface area contributed by atoms with Gasteiger partial charge < -0.3 is 4.98 Å². The number of para-hydroxylation sites is 1. The number of hydrogen-bond acceptors (Lipinski definition) is 3. The molecule has 2 rings (SSSR count). The standard InChI is InChI=1S/C9H5ClN2O2/c10-8(13)7-5-3-1-2-4-6(5)11-9(14)12-7/h1-4H,(H,11,12,14). The summed E-state index contributed by atoms with van der Waals surface area (Å²) >= 11 is 5.30. The molecule has 0 radical (unpaired) electrons. The fourth-order valence-electron chi connectivity index (χ4n) is 1.25. The van der Waals surface area contributed by atoms with E-state index in [1.165, 1.54) is 0 Å². The molecule has 5 heteroatoms. The Morgan fingerprint density at radius 2 is 2.07 bits per heavy atom. The van der Waals surface area contributed by atoms with Gasteiger partial charge in [0.25, 0.3) is 5.24 Å². The molecule has 0 bridgehead atoms. The van der Waals surface area contributed by atoms with Crippen LogP contribution >= 0.6 is 11.6 Å². The second-order valence-electron chi connectivity index (χ2n) is 2.71. The van der Waals surface area contributed by atoms with Crippen molar-refractivity contribution in [3.8, 4) is 0 Å². The second kappa shape index (κ2) is 3.23. The van der Waals surface area contributed by atoms with E-state index in [0.29, 0.717) is 10.9 Å². The van der Waals surface area contributed by atoms with Crippen molar-refractivity contribution in [3.05, 3.63) is 40.4 Å². The Hall–Kier alpha value is -1.68. The zero-order valence-corrected chi connectivity index (χ0v) is 7.71. The Balaban J connectivity index is 2.94. The van der Waals surface area contributed by atoms with Crippen molar-refractivity contribution in [2.24, 2.45) is 0 Å². The number of nitrogens with zero attached hydrogens (tertiary/aromatic N) is 1. The summed E-state index contributed by atoms with van der Waals surface area (Å²) in [6.45, 7) is 0. The molecule has 0 atom stereocenters. The fourth-order valence-corrected chi connectivity index (χ4v) is 1.40. The Morgan fingerprint density at radius 1 is 1.36 bits per heavy atom. The van der Waals surface area contributed by atoms with E-state index in [2.05, 4.69) is 9.97 Å². The van der Waals surface area contributed by atoms with E-state index in [0.717, 1.165) is 0 Å². The third-order valence-electron chi connectivity index (χ3n) is 1.82. The highest BCUT2D eigenvalue weighted by atomic mass is 35.5. The molecule has 0 saturated carbocycles. The van der Waals surface area contributed by atoms with Crippen LogP contribution in [0.5, 0.6) is 0 Å². The van der Waals surface area contributed by atoms with Gasteiger partial charge in [0.2, 0.25) is 0 Å². The molecule has 14 heavy (non-hydrogen) atoms. The van der Waals surface area contributed by atoms with E-state index < -0.39 is 10.9 Å². The summed E-state index contributed by atoms with van der Waals surface area (Å²) in [6.07, 6.45) is 0. The van der Waals surface area contributed by atoms with Crippen molar-refractivity contribution in [2.45, 2.75) is 0 Å². The van der Waals surface area contributed by atoms with Crippen LogP contribution in [0.4, 0.5) is 0 Å². The number of fused-ring (bicyclic) bond motifs is 1.